The summed E-state index contributed by atoms with van der Waals surface area (Å²) >= 11 is 0. The minimum Gasteiger partial charge on any atom is -0.478 e. The van der Waals surface area contributed by atoms with Gasteiger partial charge in [0.15, 0.2) is 5.90 Å². The number of aliphatic imine (C=N–C) groups is 1. The van der Waals surface area contributed by atoms with Gasteiger partial charge in [-0.15, -0.1) is 0 Å². The molecule has 20 heavy (non-hydrogen) atoms. The molecule has 1 heterocycles. The van der Waals surface area contributed by atoms with Crippen molar-refractivity contribution in [1.82, 2.24) is 0 Å². The molecule has 0 aliphatic carbocycles. The standard InChI is InChI=1S/C18H35NO/c1-5-6-7-8-9-10-11-12-13-14-17-19-18(4,15-20-17)16(2)3/h16H,5-15H2,1-4H3. The highest BCUT2D eigenvalue weighted by atomic mass is 16.5. The van der Waals surface area contributed by atoms with Gasteiger partial charge in [-0.1, -0.05) is 72.1 Å². The Labute approximate surface area is 126 Å². The van der Waals surface area contributed by atoms with Gasteiger partial charge in [0.25, 0.3) is 0 Å². The average molecular weight is 281 g/mol. The van der Waals surface area contributed by atoms with Crippen LogP contribution in [0, 0.1) is 5.92 Å². The summed E-state index contributed by atoms with van der Waals surface area (Å²) in [6, 6.07) is 0. The van der Waals surface area contributed by atoms with E-state index >= 15 is 0 Å². The third-order valence-electron chi connectivity index (χ3n) is 4.65. The molecule has 1 unspecified atom stereocenters. The van der Waals surface area contributed by atoms with Crippen molar-refractivity contribution in [2.45, 2.75) is 97.4 Å². The molecule has 0 radical (unpaired) electrons. The maximum atomic E-state index is 5.75. The van der Waals surface area contributed by atoms with Crippen LogP contribution < -0.4 is 0 Å². The molecule has 0 aromatic rings. The summed E-state index contributed by atoms with van der Waals surface area (Å²) in [6.45, 7) is 9.72. The Morgan fingerprint density at radius 2 is 1.55 bits per heavy atom. The van der Waals surface area contributed by atoms with E-state index in [1.165, 1.54) is 57.8 Å². The van der Waals surface area contributed by atoms with Crippen molar-refractivity contribution in [3.63, 3.8) is 0 Å². The van der Waals surface area contributed by atoms with Crippen molar-refractivity contribution in [2.75, 3.05) is 6.61 Å². The van der Waals surface area contributed by atoms with Gasteiger partial charge < -0.3 is 4.74 Å². The van der Waals surface area contributed by atoms with Gasteiger partial charge in [-0.2, -0.15) is 0 Å². The van der Waals surface area contributed by atoms with Crippen LogP contribution in [0.15, 0.2) is 4.99 Å². The lowest BCUT2D eigenvalue weighted by molar-refractivity contribution is 0.221. The Bertz CT molecular complexity index is 285. The summed E-state index contributed by atoms with van der Waals surface area (Å²) in [5.41, 5.74) is 0.0224. The SMILES string of the molecule is CCCCCCCCCCCC1=NC(C)(C(C)C)CO1. The van der Waals surface area contributed by atoms with Gasteiger partial charge >= 0.3 is 0 Å². The molecule has 0 bridgehead atoms. The number of ether oxygens (including phenoxy) is 1. The first-order chi connectivity index (χ1) is 9.58. The fourth-order valence-electron chi connectivity index (χ4n) is 2.59. The van der Waals surface area contributed by atoms with E-state index in [0.717, 1.165) is 18.9 Å². The third-order valence-corrected chi connectivity index (χ3v) is 4.65. The number of hydrogen-bond donors (Lipinski definition) is 0. The van der Waals surface area contributed by atoms with Crippen LogP contribution in [-0.4, -0.2) is 18.0 Å². The van der Waals surface area contributed by atoms with E-state index in [1.807, 2.05) is 0 Å². The maximum absolute atomic E-state index is 5.75. The summed E-state index contributed by atoms with van der Waals surface area (Å²) in [5, 5.41) is 0. The van der Waals surface area contributed by atoms with Gasteiger partial charge in [0, 0.05) is 6.42 Å². The first-order valence-corrected chi connectivity index (χ1v) is 8.80. The van der Waals surface area contributed by atoms with Crippen molar-refractivity contribution < 1.29 is 4.74 Å². The predicted octanol–water partition coefficient (Wildman–Crippen LogP) is 5.75. The van der Waals surface area contributed by atoms with Crippen molar-refractivity contribution >= 4 is 5.90 Å². The lowest BCUT2D eigenvalue weighted by atomic mass is 9.91. The molecule has 1 rings (SSSR count). The van der Waals surface area contributed by atoms with Gasteiger partial charge in [-0.3, -0.25) is 0 Å². The second kappa shape index (κ2) is 9.41. The van der Waals surface area contributed by atoms with E-state index in [2.05, 4.69) is 27.7 Å². The molecule has 0 saturated carbocycles. The van der Waals surface area contributed by atoms with Crippen LogP contribution in [0.1, 0.15) is 91.9 Å². The topological polar surface area (TPSA) is 21.6 Å². The zero-order valence-corrected chi connectivity index (χ0v) is 14.2. The van der Waals surface area contributed by atoms with Gasteiger partial charge in [0.1, 0.15) is 6.61 Å². The quantitative estimate of drug-likeness (QED) is 0.442. The highest BCUT2D eigenvalue weighted by Crippen LogP contribution is 2.28. The molecule has 0 N–H and O–H groups in total. The fraction of sp³-hybridized carbons (Fsp3) is 0.944. The lowest BCUT2D eigenvalue weighted by Crippen LogP contribution is -2.30. The van der Waals surface area contributed by atoms with Crippen LogP contribution in [0.5, 0.6) is 0 Å². The van der Waals surface area contributed by atoms with E-state index in [9.17, 15) is 0 Å². The average Bonchev–Trinajstić information content (AvgIpc) is 2.80. The molecule has 1 aliphatic rings. The van der Waals surface area contributed by atoms with E-state index in [4.69, 9.17) is 9.73 Å². The van der Waals surface area contributed by atoms with Gasteiger partial charge in [-0.25, -0.2) is 4.99 Å². The zero-order valence-electron chi connectivity index (χ0n) is 14.2. The zero-order chi connectivity index (χ0) is 14.8. The molecule has 1 aliphatic heterocycles. The van der Waals surface area contributed by atoms with Crippen LogP contribution >= 0.6 is 0 Å². The van der Waals surface area contributed by atoms with Crippen LogP contribution in [0.2, 0.25) is 0 Å². The molecule has 2 nitrogen and oxygen atoms in total. The molecule has 0 amide bonds. The van der Waals surface area contributed by atoms with Crippen molar-refractivity contribution in [3.05, 3.63) is 0 Å². The Morgan fingerprint density at radius 3 is 2.05 bits per heavy atom. The highest BCUT2D eigenvalue weighted by Gasteiger charge is 2.34. The Kier molecular flexibility index (Phi) is 8.25. The second-order valence-electron chi connectivity index (χ2n) is 6.88. The summed E-state index contributed by atoms with van der Waals surface area (Å²) in [6.07, 6.45) is 13.4. The first kappa shape index (κ1) is 17.5. The van der Waals surface area contributed by atoms with E-state index in [0.29, 0.717) is 5.92 Å². The molecular weight excluding hydrogens is 246 g/mol. The molecule has 118 valence electrons. The van der Waals surface area contributed by atoms with Gasteiger partial charge in [0.05, 0.1) is 5.54 Å². The van der Waals surface area contributed by atoms with Crippen molar-refractivity contribution in [2.24, 2.45) is 10.9 Å². The molecule has 0 spiro atoms. The van der Waals surface area contributed by atoms with E-state index in [1.54, 1.807) is 0 Å². The fourth-order valence-corrected chi connectivity index (χ4v) is 2.59. The van der Waals surface area contributed by atoms with Crippen LogP contribution in [0.25, 0.3) is 0 Å². The largest absolute Gasteiger partial charge is 0.478 e. The highest BCUT2D eigenvalue weighted by molar-refractivity contribution is 5.78. The molecule has 0 aromatic carbocycles. The molecular formula is C18H35NO. The minimum atomic E-state index is 0.0224. The molecule has 2 heteroatoms. The monoisotopic (exact) mass is 281 g/mol. The number of hydrogen-bond acceptors (Lipinski definition) is 2. The Morgan fingerprint density at radius 1 is 1.00 bits per heavy atom. The minimum absolute atomic E-state index is 0.0224. The summed E-state index contributed by atoms with van der Waals surface area (Å²) in [5.74, 6) is 1.56. The van der Waals surface area contributed by atoms with E-state index < -0.39 is 0 Å². The number of nitrogens with zero attached hydrogens (tertiary/aromatic N) is 1. The van der Waals surface area contributed by atoms with Gasteiger partial charge in [0.2, 0.25) is 0 Å². The molecule has 0 aromatic heterocycles. The van der Waals surface area contributed by atoms with Crippen LogP contribution in [0.4, 0.5) is 0 Å². The van der Waals surface area contributed by atoms with Crippen molar-refractivity contribution in [1.29, 1.82) is 0 Å². The second-order valence-corrected chi connectivity index (χ2v) is 6.88. The van der Waals surface area contributed by atoms with E-state index in [-0.39, 0.29) is 5.54 Å². The molecule has 1 atom stereocenters. The van der Waals surface area contributed by atoms with Gasteiger partial charge in [-0.05, 0) is 19.3 Å². The van der Waals surface area contributed by atoms with Crippen LogP contribution in [-0.2, 0) is 4.74 Å². The van der Waals surface area contributed by atoms with Crippen molar-refractivity contribution in [3.8, 4) is 0 Å². The smallest absolute Gasteiger partial charge is 0.183 e. The maximum Gasteiger partial charge on any atom is 0.183 e. The first-order valence-electron chi connectivity index (χ1n) is 8.80. The number of unbranched alkanes of at least 4 members (excludes halogenated alkanes) is 8. The number of rotatable bonds is 11. The summed E-state index contributed by atoms with van der Waals surface area (Å²) in [7, 11) is 0. The Hall–Kier alpha value is -0.530. The summed E-state index contributed by atoms with van der Waals surface area (Å²) < 4.78 is 5.75. The molecule has 0 fully saturated rings. The lowest BCUT2D eigenvalue weighted by Gasteiger charge is -2.22. The summed E-state index contributed by atoms with van der Waals surface area (Å²) in [4.78, 5) is 4.78. The van der Waals surface area contributed by atoms with Crippen LogP contribution in [0.3, 0.4) is 0 Å². The Balaban J connectivity index is 2.00. The normalized spacial score (nSPS) is 22.1. The predicted molar refractivity (Wildman–Crippen MR) is 88.5 cm³/mol. The molecule has 0 saturated heterocycles. The third kappa shape index (κ3) is 6.28.